The van der Waals surface area contributed by atoms with E-state index in [-0.39, 0.29) is 18.9 Å². The average molecular weight is 301 g/mol. The Bertz CT molecular complexity index is 235. The molecule has 2 nitrogen and oxygen atoms in total. The summed E-state index contributed by atoms with van der Waals surface area (Å²) in [6, 6.07) is 1.95. The molecular weight excluding hydrogens is 285 g/mol. The highest BCUT2D eigenvalue weighted by atomic mass is 79.9. The van der Waals surface area contributed by atoms with E-state index in [1.54, 1.807) is 4.90 Å². The van der Waals surface area contributed by atoms with Crippen LogP contribution in [0.4, 0.5) is 13.2 Å². The minimum atomic E-state index is -4.23. The van der Waals surface area contributed by atoms with Crippen molar-refractivity contribution in [2.24, 2.45) is 5.92 Å². The van der Waals surface area contributed by atoms with Crippen LogP contribution in [-0.4, -0.2) is 35.5 Å². The number of nitriles is 1. The molecule has 0 saturated carbocycles. The summed E-state index contributed by atoms with van der Waals surface area (Å²) >= 11 is 2.63. The second-order valence-corrected chi connectivity index (χ2v) is 5.18. The zero-order valence-electron chi connectivity index (χ0n) is 9.39. The van der Waals surface area contributed by atoms with Crippen molar-refractivity contribution in [1.82, 2.24) is 4.90 Å². The predicted molar refractivity (Wildman–Crippen MR) is 60.3 cm³/mol. The van der Waals surface area contributed by atoms with Crippen LogP contribution in [0.25, 0.3) is 0 Å². The standard InChI is InChI=1S/C10H16BrF3N2/c1-8(2)6-16(5-3-4-15)7-9(11)10(12,13)14/h8-9H,3,5-7H2,1-2H3. The van der Waals surface area contributed by atoms with Crippen LogP contribution >= 0.6 is 15.9 Å². The van der Waals surface area contributed by atoms with Crippen LogP contribution < -0.4 is 0 Å². The first-order valence-corrected chi connectivity index (χ1v) is 5.99. The summed E-state index contributed by atoms with van der Waals surface area (Å²) in [5.41, 5.74) is 0. The van der Waals surface area contributed by atoms with Crippen LogP contribution in [0.5, 0.6) is 0 Å². The van der Waals surface area contributed by atoms with Crippen molar-refractivity contribution in [1.29, 1.82) is 5.26 Å². The molecule has 94 valence electrons. The van der Waals surface area contributed by atoms with Gasteiger partial charge in [0, 0.05) is 26.1 Å². The van der Waals surface area contributed by atoms with E-state index in [9.17, 15) is 13.2 Å². The molecule has 0 heterocycles. The van der Waals surface area contributed by atoms with Gasteiger partial charge in [0.05, 0.1) is 6.07 Å². The Hall–Kier alpha value is -0.280. The van der Waals surface area contributed by atoms with E-state index >= 15 is 0 Å². The van der Waals surface area contributed by atoms with E-state index in [4.69, 9.17) is 5.26 Å². The summed E-state index contributed by atoms with van der Waals surface area (Å²) in [4.78, 5) is 0.137. The van der Waals surface area contributed by atoms with Crippen molar-refractivity contribution >= 4 is 15.9 Å². The van der Waals surface area contributed by atoms with Gasteiger partial charge < -0.3 is 4.90 Å². The Morgan fingerprint density at radius 3 is 2.25 bits per heavy atom. The molecule has 16 heavy (non-hydrogen) atoms. The minimum Gasteiger partial charge on any atom is -0.301 e. The first-order chi connectivity index (χ1) is 7.27. The lowest BCUT2D eigenvalue weighted by atomic mass is 10.2. The lowest BCUT2D eigenvalue weighted by Gasteiger charge is -2.26. The van der Waals surface area contributed by atoms with Crippen LogP contribution in [-0.2, 0) is 0 Å². The normalized spacial score (nSPS) is 14.2. The maximum Gasteiger partial charge on any atom is 0.402 e. The molecule has 0 N–H and O–H groups in total. The SMILES string of the molecule is CC(C)CN(CCC#N)CC(Br)C(F)(F)F. The van der Waals surface area contributed by atoms with Crippen molar-refractivity contribution in [3.8, 4) is 6.07 Å². The van der Waals surface area contributed by atoms with Crippen molar-refractivity contribution in [3.63, 3.8) is 0 Å². The minimum absolute atomic E-state index is 0.108. The third kappa shape index (κ3) is 7.07. The van der Waals surface area contributed by atoms with E-state index in [1.807, 2.05) is 19.9 Å². The zero-order valence-corrected chi connectivity index (χ0v) is 11.0. The van der Waals surface area contributed by atoms with Crippen LogP contribution in [0.15, 0.2) is 0 Å². The molecule has 0 fully saturated rings. The molecule has 0 saturated heterocycles. The van der Waals surface area contributed by atoms with Crippen LogP contribution in [0.2, 0.25) is 0 Å². The van der Waals surface area contributed by atoms with Crippen molar-refractivity contribution < 1.29 is 13.2 Å². The lowest BCUT2D eigenvalue weighted by molar-refractivity contribution is -0.130. The average Bonchev–Trinajstić information content (AvgIpc) is 2.11. The monoisotopic (exact) mass is 300 g/mol. The Balaban J connectivity index is 4.25. The Morgan fingerprint density at radius 1 is 1.31 bits per heavy atom. The smallest absolute Gasteiger partial charge is 0.301 e. The predicted octanol–water partition coefficient (Wildman–Crippen LogP) is 3.18. The van der Waals surface area contributed by atoms with Gasteiger partial charge in [-0.3, -0.25) is 0 Å². The fourth-order valence-corrected chi connectivity index (χ4v) is 1.72. The van der Waals surface area contributed by atoms with Gasteiger partial charge in [-0.05, 0) is 5.92 Å². The molecule has 0 aromatic rings. The maximum absolute atomic E-state index is 12.3. The second kappa shape index (κ2) is 7.13. The van der Waals surface area contributed by atoms with Gasteiger partial charge in [-0.15, -0.1) is 0 Å². The maximum atomic E-state index is 12.3. The summed E-state index contributed by atoms with van der Waals surface area (Å²) in [5.74, 6) is 0.284. The van der Waals surface area contributed by atoms with Crippen molar-refractivity contribution in [2.75, 3.05) is 19.6 Å². The summed E-state index contributed by atoms with van der Waals surface area (Å²) in [7, 11) is 0. The van der Waals surface area contributed by atoms with E-state index in [1.165, 1.54) is 0 Å². The highest BCUT2D eigenvalue weighted by Crippen LogP contribution is 2.27. The molecule has 0 aliphatic carbocycles. The molecule has 1 atom stereocenters. The number of hydrogen-bond donors (Lipinski definition) is 0. The van der Waals surface area contributed by atoms with E-state index in [0.717, 1.165) is 0 Å². The van der Waals surface area contributed by atoms with Gasteiger partial charge in [-0.2, -0.15) is 18.4 Å². The highest BCUT2D eigenvalue weighted by molar-refractivity contribution is 9.09. The topological polar surface area (TPSA) is 27.0 Å². The van der Waals surface area contributed by atoms with Gasteiger partial charge in [0.1, 0.15) is 4.83 Å². The summed E-state index contributed by atoms with van der Waals surface area (Å²) in [6.07, 6.45) is -3.98. The van der Waals surface area contributed by atoms with E-state index in [0.29, 0.717) is 13.1 Å². The zero-order chi connectivity index (χ0) is 12.8. The lowest BCUT2D eigenvalue weighted by Crippen LogP contribution is -2.39. The van der Waals surface area contributed by atoms with Gasteiger partial charge in [-0.1, -0.05) is 29.8 Å². The molecule has 6 heteroatoms. The first-order valence-electron chi connectivity index (χ1n) is 5.07. The molecule has 0 aromatic heterocycles. The van der Waals surface area contributed by atoms with E-state index < -0.39 is 11.0 Å². The van der Waals surface area contributed by atoms with Gasteiger partial charge >= 0.3 is 6.18 Å². The highest BCUT2D eigenvalue weighted by Gasteiger charge is 2.38. The summed E-state index contributed by atoms with van der Waals surface area (Å²) < 4.78 is 37.0. The Morgan fingerprint density at radius 2 is 1.88 bits per heavy atom. The van der Waals surface area contributed by atoms with Gasteiger partial charge in [0.2, 0.25) is 0 Å². The molecular formula is C10H16BrF3N2. The number of halogens is 4. The summed E-state index contributed by atoms with van der Waals surface area (Å²) in [6.45, 7) is 4.72. The summed E-state index contributed by atoms with van der Waals surface area (Å²) in [5, 5.41) is 8.43. The molecule has 1 unspecified atom stereocenters. The molecule has 0 spiro atoms. The quantitative estimate of drug-likeness (QED) is 0.705. The second-order valence-electron chi connectivity index (χ2n) is 4.07. The molecule has 0 radical (unpaired) electrons. The Labute approximate surface area is 103 Å². The number of hydrogen-bond acceptors (Lipinski definition) is 2. The first kappa shape index (κ1) is 15.7. The fraction of sp³-hybridized carbons (Fsp3) is 0.900. The number of rotatable bonds is 6. The largest absolute Gasteiger partial charge is 0.402 e. The molecule has 0 aliphatic rings. The molecule has 0 amide bonds. The molecule has 0 bridgehead atoms. The van der Waals surface area contributed by atoms with Crippen LogP contribution in [0, 0.1) is 17.2 Å². The van der Waals surface area contributed by atoms with Crippen molar-refractivity contribution in [2.45, 2.75) is 31.3 Å². The van der Waals surface area contributed by atoms with Crippen LogP contribution in [0.1, 0.15) is 20.3 Å². The van der Waals surface area contributed by atoms with Gasteiger partial charge in [-0.25, -0.2) is 0 Å². The third-order valence-electron chi connectivity index (χ3n) is 1.94. The number of nitrogens with zero attached hydrogens (tertiary/aromatic N) is 2. The molecule has 0 rings (SSSR count). The van der Waals surface area contributed by atoms with Crippen molar-refractivity contribution in [3.05, 3.63) is 0 Å². The Kier molecular flexibility index (Phi) is 7.00. The third-order valence-corrected chi connectivity index (χ3v) is 2.75. The van der Waals surface area contributed by atoms with Gasteiger partial charge in [0.15, 0.2) is 0 Å². The van der Waals surface area contributed by atoms with Crippen LogP contribution in [0.3, 0.4) is 0 Å². The van der Waals surface area contributed by atoms with E-state index in [2.05, 4.69) is 15.9 Å². The number of alkyl halides is 4. The molecule has 0 aliphatic heterocycles. The molecule has 0 aromatic carbocycles. The fourth-order valence-electron chi connectivity index (χ4n) is 1.31. The van der Waals surface area contributed by atoms with Gasteiger partial charge in [0.25, 0.3) is 0 Å².